The summed E-state index contributed by atoms with van der Waals surface area (Å²) in [5.74, 6) is 1.23. The molecule has 0 saturated carbocycles. The molecule has 2 aromatic heterocycles. The van der Waals surface area contributed by atoms with Gasteiger partial charge < -0.3 is 0 Å². The van der Waals surface area contributed by atoms with Gasteiger partial charge in [-0.2, -0.15) is 0 Å². The Bertz CT molecular complexity index is 856. The van der Waals surface area contributed by atoms with Crippen molar-refractivity contribution in [2.24, 2.45) is 0 Å². The number of rotatable bonds is 2. The Morgan fingerprint density at radius 2 is 1.10 bits per heavy atom. The minimum absolute atomic E-state index is 0.615. The van der Waals surface area contributed by atoms with Gasteiger partial charge in [0.15, 0.2) is 0 Å². The second kappa shape index (κ2) is 4.90. The molecule has 4 heteroatoms. The zero-order valence-electron chi connectivity index (χ0n) is 11.1. The molecule has 1 radical (unpaired) electrons. The van der Waals surface area contributed by atoms with Crippen LogP contribution in [0.2, 0.25) is 0 Å². The fraction of sp³-hybridized carbons (Fsp3) is 0. The van der Waals surface area contributed by atoms with E-state index in [1.165, 1.54) is 0 Å². The fourth-order valence-electron chi connectivity index (χ4n) is 2.23. The summed E-state index contributed by atoms with van der Waals surface area (Å²) in [6.07, 6.45) is 5.42. The Balaban J connectivity index is 1.71. The molecule has 0 unspecified atom stereocenters. The fourth-order valence-corrected chi connectivity index (χ4v) is 2.23. The Labute approximate surface area is 121 Å². The largest absolute Gasteiger partial charge is 0.240 e. The summed E-state index contributed by atoms with van der Waals surface area (Å²) < 4.78 is 0. The van der Waals surface area contributed by atoms with E-state index in [-0.39, 0.29) is 0 Å². The molecule has 99 valence electrons. The van der Waals surface area contributed by atoms with Crippen molar-refractivity contribution in [2.45, 2.75) is 0 Å². The number of para-hydroxylation sites is 2. The number of hydrogen-bond acceptors (Lipinski definition) is 4. The summed E-state index contributed by atoms with van der Waals surface area (Å²) in [5, 5.41) is 2.04. The molecule has 0 fully saturated rings. The van der Waals surface area contributed by atoms with Gasteiger partial charge in [-0.3, -0.25) is 0 Å². The number of hydrogen-bond donors (Lipinski definition) is 0. The van der Waals surface area contributed by atoms with Gasteiger partial charge in [0.05, 0.1) is 17.5 Å². The molecule has 0 bridgehead atoms. The maximum absolute atomic E-state index is 4.50. The first-order chi connectivity index (χ1) is 10.4. The minimum Gasteiger partial charge on any atom is -0.240 e. The Hall–Kier alpha value is -2.88. The first-order valence-corrected chi connectivity index (χ1v) is 6.67. The molecule has 21 heavy (non-hydrogen) atoms. The highest BCUT2D eigenvalue weighted by Crippen LogP contribution is 2.14. The zero-order valence-corrected chi connectivity index (χ0v) is 11.1. The third kappa shape index (κ3) is 2.31. The maximum Gasteiger partial charge on any atom is 0.140 e. The van der Waals surface area contributed by atoms with Gasteiger partial charge in [0.1, 0.15) is 11.6 Å². The highest BCUT2D eigenvalue weighted by molar-refractivity contribution is 5.78. The molecule has 0 amide bonds. The lowest BCUT2D eigenvalue weighted by atomic mass is 10.2. The first-order valence-electron chi connectivity index (χ1n) is 6.67. The zero-order chi connectivity index (χ0) is 14.1. The Morgan fingerprint density at radius 3 is 1.62 bits per heavy atom. The van der Waals surface area contributed by atoms with Crippen molar-refractivity contribution < 1.29 is 0 Å². The number of nitrogens with zero attached hydrogens (tertiary/aromatic N) is 4. The van der Waals surface area contributed by atoms with Gasteiger partial charge in [-0.05, 0) is 12.1 Å². The van der Waals surface area contributed by atoms with Crippen molar-refractivity contribution in [2.75, 3.05) is 0 Å². The lowest BCUT2D eigenvalue weighted by molar-refractivity contribution is 1.04. The maximum atomic E-state index is 4.50. The Morgan fingerprint density at radius 1 is 0.619 bits per heavy atom. The lowest BCUT2D eigenvalue weighted by Gasteiger charge is -2.02. The first kappa shape index (κ1) is 11.9. The van der Waals surface area contributed by atoms with E-state index in [1.54, 1.807) is 6.42 Å². The van der Waals surface area contributed by atoms with Crippen molar-refractivity contribution in [1.29, 1.82) is 0 Å². The quantitative estimate of drug-likeness (QED) is 0.562. The monoisotopic (exact) mass is 271 g/mol. The molecule has 2 aromatic carbocycles. The molecular weight excluding hydrogens is 260 g/mol. The molecular formula is C17H11N4. The molecule has 0 atom stereocenters. The van der Waals surface area contributed by atoms with E-state index in [1.807, 2.05) is 60.9 Å². The number of aromatic nitrogens is 4. The summed E-state index contributed by atoms with van der Waals surface area (Å²) in [4.78, 5) is 17.7. The van der Waals surface area contributed by atoms with Crippen LogP contribution in [0.1, 0.15) is 11.6 Å². The summed E-state index contributed by atoms with van der Waals surface area (Å²) >= 11 is 0. The summed E-state index contributed by atoms with van der Waals surface area (Å²) in [6, 6.07) is 15.8. The molecule has 2 heterocycles. The highest BCUT2D eigenvalue weighted by Gasteiger charge is 2.05. The third-order valence-electron chi connectivity index (χ3n) is 3.27. The molecule has 0 aliphatic heterocycles. The van der Waals surface area contributed by atoms with Gasteiger partial charge >= 0.3 is 0 Å². The van der Waals surface area contributed by atoms with Crippen LogP contribution in [0.15, 0.2) is 60.9 Å². The second-order valence-electron chi connectivity index (χ2n) is 4.72. The summed E-state index contributed by atoms with van der Waals surface area (Å²) in [6.45, 7) is 0. The van der Waals surface area contributed by atoms with E-state index in [2.05, 4.69) is 19.9 Å². The minimum atomic E-state index is 0.615. The van der Waals surface area contributed by atoms with Crippen LogP contribution in [-0.4, -0.2) is 19.9 Å². The van der Waals surface area contributed by atoms with Crippen LogP contribution in [0.3, 0.4) is 0 Å². The average molecular weight is 271 g/mol. The van der Waals surface area contributed by atoms with Crippen LogP contribution in [0.4, 0.5) is 0 Å². The van der Waals surface area contributed by atoms with Crippen LogP contribution in [0.5, 0.6) is 0 Å². The van der Waals surface area contributed by atoms with E-state index in [9.17, 15) is 0 Å². The molecule has 4 nitrogen and oxygen atoms in total. The average Bonchev–Trinajstić information content (AvgIpc) is 2.55. The molecule has 0 saturated heterocycles. The van der Waals surface area contributed by atoms with Crippen molar-refractivity contribution >= 4 is 21.8 Å². The van der Waals surface area contributed by atoms with E-state index in [0.717, 1.165) is 21.8 Å². The van der Waals surface area contributed by atoms with E-state index in [0.29, 0.717) is 11.6 Å². The van der Waals surface area contributed by atoms with Gasteiger partial charge in [0, 0.05) is 23.2 Å². The van der Waals surface area contributed by atoms with Crippen LogP contribution >= 0.6 is 0 Å². The topological polar surface area (TPSA) is 51.6 Å². The van der Waals surface area contributed by atoms with Crippen LogP contribution in [-0.2, 0) is 0 Å². The lowest BCUT2D eigenvalue weighted by Crippen LogP contribution is -1.99. The van der Waals surface area contributed by atoms with E-state index < -0.39 is 0 Å². The summed E-state index contributed by atoms with van der Waals surface area (Å²) in [5.41, 5.74) is 1.83. The highest BCUT2D eigenvalue weighted by atomic mass is 14.9. The smallest absolute Gasteiger partial charge is 0.140 e. The molecule has 4 aromatic rings. The normalized spacial score (nSPS) is 11.0. The van der Waals surface area contributed by atoms with Gasteiger partial charge in [0.2, 0.25) is 0 Å². The van der Waals surface area contributed by atoms with Crippen molar-refractivity contribution in [1.82, 2.24) is 19.9 Å². The predicted molar refractivity (Wildman–Crippen MR) is 81.6 cm³/mol. The molecule has 0 N–H and O–H groups in total. The van der Waals surface area contributed by atoms with Crippen molar-refractivity contribution in [3.63, 3.8) is 0 Å². The number of benzene rings is 2. The molecule has 0 spiro atoms. The molecule has 4 rings (SSSR count). The van der Waals surface area contributed by atoms with Crippen LogP contribution in [0, 0.1) is 6.42 Å². The SMILES string of the molecule is [CH](c1ncc2ccccc2n1)c1ncc2ccccc2n1. The second-order valence-corrected chi connectivity index (χ2v) is 4.72. The van der Waals surface area contributed by atoms with E-state index >= 15 is 0 Å². The predicted octanol–water partition coefficient (Wildman–Crippen LogP) is 3.17. The third-order valence-corrected chi connectivity index (χ3v) is 3.27. The van der Waals surface area contributed by atoms with Gasteiger partial charge in [-0.25, -0.2) is 19.9 Å². The molecule has 0 aliphatic rings. The van der Waals surface area contributed by atoms with Crippen molar-refractivity contribution in [3.8, 4) is 0 Å². The van der Waals surface area contributed by atoms with Gasteiger partial charge in [-0.15, -0.1) is 0 Å². The van der Waals surface area contributed by atoms with Crippen LogP contribution < -0.4 is 0 Å². The number of fused-ring (bicyclic) bond motifs is 2. The van der Waals surface area contributed by atoms with Crippen molar-refractivity contribution in [3.05, 3.63) is 79.0 Å². The van der Waals surface area contributed by atoms with Gasteiger partial charge in [0.25, 0.3) is 0 Å². The summed E-state index contributed by atoms with van der Waals surface area (Å²) in [7, 11) is 0. The molecule has 0 aliphatic carbocycles. The standard InChI is InChI=1S/C17H11N4/c1-3-7-14-12(5-1)10-18-16(20-14)9-17-19-11-13-6-2-4-8-15(13)21-17/h1-11H. The van der Waals surface area contributed by atoms with E-state index in [4.69, 9.17) is 0 Å². The van der Waals surface area contributed by atoms with Gasteiger partial charge in [-0.1, -0.05) is 36.4 Å². The van der Waals surface area contributed by atoms with Crippen LogP contribution in [0.25, 0.3) is 21.8 Å². The Kier molecular flexibility index (Phi) is 2.78.